The van der Waals surface area contributed by atoms with Crippen molar-refractivity contribution in [1.29, 1.82) is 0 Å². The topological polar surface area (TPSA) is 88.3 Å². The summed E-state index contributed by atoms with van der Waals surface area (Å²) in [6, 6.07) is 11.5. The zero-order chi connectivity index (χ0) is 22.3. The van der Waals surface area contributed by atoms with Crippen LogP contribution < -0.4 is 10.9 Å². The maximum absolute atomic E-state index is 14.2. The van der Waals surface area contributed by atoms with E-state index in [0.717, 1.165) is 5.39 Å². The molecule has 0 spiro atoms. The van der Waals surface area contributed by atoms with E-state index < -0.39 is 23.5 Å². The van der Waals surface area contributed by atoms with Crippen molar-refractivity contribution in [2.45, 2.75) is 19.8 Å². The highest BCUT2D eigenvalue weighted by molar-refractivity contribution is 6.33. The zero-order valence-corrected chi connectivity index (χ0v) is 17.4. The molecular formula is C23H18ClFN2O4. The fourth-order valence-electron chi connectivity index (χ4n) is 3.61. The Morgan fingerprint density at radius 3 is 2.55 bits per heavy atom. The second-order valence-corrected chi connectivity index (χ2v) is 8.00. The van der Waals surface area contributed by atoms with E-state index in [1.165, 1.54) is 18.2 Å². The number of pyridine rings is 1. The molecule has 1 atom stereocenters. The minimum atomic E-state index is -0.857. The monoisotopic (exact) mass is 440 g/mol. The Morgan fingerprint density at radius 1 is 1.10 bits per heavy atom. The first kappa shape index (κ1) is 20.8. The van der Waals surface area contributed by atoms with Crippen LogP contribution in [0.25, 0.3) is 22.0 Å². The number of aromatic amines is 1. The molecule has 3 aromatic rings. The third-order valence-corrected chi connectivity index (χ3v) is 5.49. The summed E-state index contributed by atoms with van der Waals surface area (Å²) in [6.07, 6.45) is 0.584. The highest BCUT2D eigenvalue weighted by Crippen LogP contribution is 2.33. The van der Waals surface area contributed by atoms with Crippen LogP contribution in [-0.2, 0) is 9.53 Å². The first-order valence-electron chi connectivity index (χ1n) is 9.61. The molecule has 0 radical (unpaired) electrons. The van der Waals surface area contributed by atoms with Crippen LogP contribution in [0.4, 0.5) is 9.18 Å². The van der Waals surface area contributed by atoms with Gasteiger partial charge in [-0.1, -0.05) is 49.7 Å². The average molecular weight is 441 g/mol. The standard InChI is InChI=1S/C23H18ClFN2O4/c1-11(2)14(10-19-22(29)27-23(30)31-19)16-9-17(24)20(26-21(16)28)13-7-6-12-4-3-5-18(25)15(12)8-13/h3-11,14H,1-2H3,(H,26,28)(H,27,29,30). The lowest BCUT2D eigenvalue weighted by Crippen LogP contribution is -2.21. The molecule has 2 N–H and O–H groups in total. The van der Waals surface area contributed by atoms with Crippen LogP contribution in [0, 0.1) is 11.7 Å². The Bertz CT molecular complexity index is 1310. The van der Waals surface area contributed by atoms with Crippen LogP contribution >= 0.6 is 11.6 Å². The van der Waals surface area contributed by atoms with Gasteiger partial charge in [0.2, 0.25) is 0 Å². The largest absolute Gasteiger partial charge is 0.419 e. The molecule has 2 heterocycles. The molecule has 1 aromatic heterocycles. The van der Waals surface area contributed by atoms with Crippen molar-refractivity contribution >= 4 is 34.4 Å². The minimum absolute atomic E-state index is 0.0996. The summed E-state index contributed by atoms with van der Waals surface area (Å²) < 4.78 is 19.1. The van der Waals surface area contributed by atoms with Crippen molar-refractivity contribution < 1.29 is 18.7 Å². The second kappa shape index (κ2) is 8.00. The zero-order valence-electron chi connectivity index (χ0n) is 16.7. The summed E-state index contributed by atoms with van der Waals surface area (Å²) in [6.45, 7) is 3.73. The van der Waals surface area contributed by atoms with Crippen LogP contribution in [0.1, 0.15) is 25.3 Å². The number of fused-ring (bicyclic) bond motifs is 1. The van der Waals surface area contributed by atoms with E-state index in [0.29, 0.717) is 22.2 Å². The smallest absolute Gasteiger partial charge is 0.404 e. The van der Waals surface area contributed by atoms with Crippen LogP contribution in [0.2, 0.25) is 5.02 Å². The van der Waals surface area contributed by atoms with Crippen LogP contribution in [0.15, 0.2) is 59.1 Å². The van der Waals surface area contributed by atoms with E-state index in [4.69, 9.17) is 16.3 Å². The number of imide groups is 1. The molecule has 2 amide bonds. The molecule has 31 heavy (non-hydrogen) atoms. The molecule has 4 rings (SSSR count). The molecular weight excluding hydrogens is 423 g/mol. The Morgan fingerprint density at radius 2 is 1.87 bits per heavy atom. The second-order valence-electron chi connectivity index (χ2n) is 7.60. The van der Waals surface area contributed by atoms with E-state index in [-0.39, 0.29) is 22.5 Å². The maximum Gasteiger partial charge on any atom is 0.419 e. The Labute approximate surface area is 181 Å². The SMILES string of the molecule is CC(C)C(C=C1OC(=O)NC1=O)c1cc(Cl)c(-c2ccc3cccc(F)c3c2)[nH]c1=O. The normalized spacial score (nSPS) is 16.1. The van der Waals surface area contributed by atoms with E-state index in [1.54, 1.807) is 30.3 Å². The Hall–Kier alpha value is -3.45. The number of hydrogen-bond donors (Lipinski definition) is 2. The number of carbonyl (C=O) groups is 2. The lowest BCUT2D eigenvalue weighted by molar-refractivity contribution is -0.116. The number of benzene rings is 2. The number of allylic oxidation sites excluding steroid dienone is 1. The fourth-order valence-corrected chi connectivity index (χ4v) is 3.88. The average Bonchev–Trinajstić information content (AvgIpc) is 3.04. The molecule has 1 aliphatic heterocycles. The minimum Gasteiger partial charge on any atom is -0.404 e. The molecule has 158 valence electrons. The Balaban J connectivity index is 1.79. The van der Waals surface area contributed by atoms with Crippen LogP contribution in [0.3, 0.4) is 0 Å². The predicted molar refractivity (Wildman–Crippen MR) is 115 cm³/mol. The van der Waals surface area contributed by atoms with E-state index in [2.05, 4.69) is 4.98 Å². The van der Waals surface area contributed by atoms with Gasteiger partial charge in [-0.2, -0.15) is 0 Å². The van der Waals surface area contributed by atoms with Crippen LogP contribution in [0.5, 0.6) is 0 Å². The molecule has 0 bridgehead atoms. The Kier molecular flexibility index (Phi) is 5.37. The molecule has 6 nitrogen and oxygen atoms in total. The number of carbonyl (C=O) groups excluding carboxylic acids is 2. The maximum atomic E-state index is 14.2. The van der Waals surface area contributed by atoms with Gasteiger partial charge >= 0.3 is 6.09 Å². The van der Waals surface area contributed by atoms with Gasteiger partial charge in [0.05, 0.1) is 10.7 Å². The van der Waals surface area contributed by atoms with Gasteiger partial charge in [0.15, 0.2) is 5.76 Å². The number of ether oxygens (including phenoxy) is 1. The van der Waals surface area contributed by atoms with E-state index in [1.807, 2.05) is 19.2 Å². The lowest BCUT2D eigenvalue weighted by atomic mass is 9.88. The third-order valence-electron chi connectivity index (χ3n) is 5.19. The van der Waals surface area contributed by atoms with Crippen molar-refractivity contribution in [2.24, 2.45) is 5.92 Å². The summed E-state index contributed by atoms with van der Waals surface area (Å²) in [7, 11) is 0. The van der Waals surface area contributed by atoms with Gasteiger partial charge in [-0.05, 0) is 35.6 Å². The van der Waals surface area contributed by atoms with Crippen molar-refractivity contribution in [3.05, 3.63) is 81.1 Å². The number of rotatable bonds is 4. The molecule has 1 fully saturated rings. The number of cyclic esters (lactones) is 1. The number of amides is 2. The fraction of sp³-hybridized carbons (Fsp3) is 0.174. The van der Waals surface area contributed by atoms with Gasteiger partial charge in [-0.15, -0.1) is 0 Å². The molecule has 0 saturated carbocycles. The number of H-pyrrole nitrogens is 1. The van der Waals surface area contributed by atoms with Gasteiger partial charge in [0, 0.05) is 22.4 Å². The summed E-state index contributed by atoms with van der Waals surface area (Å²) in [5.74, 6) is -1.82. The molecule has 8 heteroatoms. The summed E-state index contributed by atoms with van der Waals surface area (Å²) in [4.78, 5) is 38.8. The number of halogens is 2. The van der Waals surface area contributed by atoms with Gasteiger partial charge in [0.1, 0.15) is 5.82 Å². The highest BCUT2D eigenvalue weighted by Gasteiger charge is 2.29. The number of aromatic nitrogens is 1. The van der Waals surface area contributed by atoms with Gasteiger partial charge in [-0.3, -0.25) is 14.9 Å². The highest BCUT2D eigenvalue weighted by atomic mass is 35.5. The van der Waals surface area contributed by atoms with Crippen molar-refractivity contribution in [3.8, 4) is 11.3 Å². The van der Waals surface area contributed by atoms with E-state index >= 15 is 0 Å². The summed E-state index contributed by atoms with van der Waals surface area (Å²) in [5, 5.41) is 3.44. The van der Waals surface area contributed by atoms with Crippen molar-refractivity contribution in [1.82, 2.24) is 10.3 Å². The summed E-state index contributed by atoms with van der Waals surface area (Å²) >= 11 is 6.49. The number of hydrogen-bond acceptors (Lipinski definition) is 4. The quantitative estimate of drug-likeness (QED) is 0.566. The lowest BCUT2D eigenvalue weighted by Gasteiger charge is -2.18. The molecule has 2 aromatic carbocycles. The summed E-state index contributed by atoms with van der Waals surface area (Å²) in [5.41, 5.74) is 0.836. The molecule has 1 aliphatic rings. The first-order valence-corrected chi connectivity index (χ1v) is 9.98. The molecule has 1 unspecified atom stereocenters. The molecule has 1 saturated heterocycles. The molecule has 0 aliphatic carbocycles. The number of nitrogens with one attached hydrogen (secondary N) is 2. The van der Waals surface area contributed by atoms with Gasteiger partial charge < -0.3 is 9.72 Å². The van der Waals surface area contributed by atoms with Gasteiger partial charge in [0.25, 0.3) is 11.5 Å². The van der Waals surface area contributed by atoms with Gasteiger partial charge in [-0.25, -0.2) is 9.18 Å². The van der Waals surface area contributed by atoms with Crippen LogP contribution in [-0.4, -0.2) is 17.0 Å². The van der Waals surface area contributed by atoms with E-state index in [9.17, 15) is 18.8 Å². The third kappa shape index (κ3) is 3.96. The van der Waals surface area contributed by atoms with Crippen molar-refractivity contribution in [2.75, 3.05) is 0 Å². The van der Waals surface area contributed by atoms with Crippen molar-refractivity contribution in [3.63, 3.8) is 0 Å². The number of alkyl carbamates (subject to hydrolysis) is 1. The first-order chi connectivity index (χ1) is 14.7. The predicted octanol–water partition coefficient (Wildman–Crippen LogP) is 4.88.